The van der Waals surface area contributed by atoms with Crippen molar-refractivity contribution in [3.8, 4) is 0 Å². The number of hydrogen-bond acceptors (Lipinski definition) is 6. The van der Waals surface area contributed by atoms with Crippen LogP contribution in [0.2, 0.25) is 0 Å². The Morgan fingerprint density at radius 1 is 1.40 bits per heavy atom. The number of aromatic amines is 1. The molecule has 8 heteroatoms. The van der Waals surface area contributed by atoms with Crippen LogP contribution in [0.25, 0.3) is 11.0 Å². The molecule has 0 unspecified atom stereocenters. The van der Waals surface area contributed by atoms with Gasteiger partial charge in [-0.3, -0.25) is 4.68 Å². The Bertz CT molecular complexity index is 852. The summed E-state index contributed by atoms with van der Waals surface area (Å²) in [6.45, 7) is 3.55. The maximum atomic E-state index is 5.07. The number of nitrogens with one attached hydrogen (secondary N) is 3. The number of aromatic nitrogens is 5. The smallest absolute Gasteiger partial charge is 0.231 e. The van der Waals surface area contributed by atoms with Gasteiger partial charge in [-0.25, -0.2) is 0 Å². The quantitative estimate of drug-likeness (QED) is 0.583. The van der Waals surface area contributed by atoms with E-state index in [9.17, 15) is 0 Å². The van der Waals surface area contributed by atoms with Crippen LogP contribution in [0.15, 0.2) is 24.7 Å². The molecule has 1 aliphatic carbocycles. The van der Waals surface area contributed by atoms with Crippen LogP contribution in [-0.4, -0.2) is 44.5 Å². The van der Waals surface area contributed by atoms with Crippen molar-refractivity contribution in [1.29, 1.82) is 0 Å². The Kier molecular flexibility index (Phi) is 4.27. The fourth-order valence-electron chi connectivity index (χ4n) is 2.90. The summed E-state index contributed by atoms with van der Waals surface area (Å²) >= 11 is 0. The van der Waals surface area contributed by atoms with Crippen LogP contribution in [0.5, 0.6) is 0 Å². The number of nitrogens with zero attached hydrogens (tertiary/aromatic N) is 4. The highest BCUT2D eigenvalue weighted by Gasteiger charge is 2.28. The van der Waals surface area contributed by atoms with E-state index in [4.69, 9.17) is 4.74 Å². The maximum absolute atomic E-state index is 5.07. The average Bonchev–Trinajstić information content (AvgIpc) is 3.19. The summed E-state index contributed by atoms with van der Waals surface area (Å²) in [5, 5.41) is 12.1. The molecule has 1 fully saturated rings. The molecular weight excluding hydrogens is 318 g/mol. The second kappa shape index (κ2) is 6.72. The SMILES string of the molecule is COCCn1cc(Nc2nc(N[C@@H](C)C3CC3)c3cc[nH]c3n2)cn1. The molecule has 0 saturated heterocycles. The van der Waals surface area contributed by atoms with Crippen molar-refractivity contribution in [2.75, 3.05) is 24.4 Å². The number of methoxy groups -OCH3 is 1. The zero-order chi connectivity index (χ0) is 17.2. The van der Waals surface area contributed by atoms with Crippen LogP contribution >= 0.6 is 0 Å². The molecule has 8 nitrogen and oxygen atoms in total. The van der Waals surface area contributed by atoms with Crippen molar-refractivity contribution in [2.24, 2.45) is 5.92 Å². The highest BCUT2D eigenvalue weighted by atomic mass is 16.5. The lowest BCUT2D eigenvalue weighted by Gasteiger charge is -2.15. The van der Waals surface area contributed by atoms with Gasteiger partial charge in [0, 0.05) is 25.5 Å². The molecule has 3 N–H and O–H groups in total. The predicted octanol–water partition coefficient (Wildman–Crippen LogP) is 2.75. The van der Waals surface area contributed by atoms with Gasteiger partial charge < -0.3 is 20.4 Å². The first-order valence-electron chi connectivity index (χ1n) is 8.63. The summed E-state index contributed by atoms with van der Waals surface area (Å²) in [5.41, 5.74) is 1.66. The third-order valence-electron chi connectivity index (χ3n) is 4.52. The lowest BCUT2D eigenvalue weighted by Crippen LogP contribution is -2.18. The Balaban J connectivity index is 1.55. The van der Waals surface area contributed by atoms with Gasteiger partial charge in [-0.15, -0.1) is 0 Å². The fourth-order valence-corrected chi connectivity index (χ4v) is 2.90. The monoisotopic (exact) mass is 341 g/mol. The van der Waals surface area contributed by atoms with Gasteiger partial charge in [0.2, 0.25) is 5.95 Å². The molecule has 1 aliphatic rings. The standard InChI is InChI=1S/C17H23N7O/c1-11(12-3-4-12)20-16-14-5-6-18-15(14)22-17(23-16)21-13-9-19-24(10-13)7-8-25-2/h5-6,9-12H,3-4,7-8H2,1-2H3,(H3,18,20,21,22,23)/t11-/m0/s1. The maximum Gasteiger partial charge on any atom is 0.231 e. The molecule has 3 heterocycles. The molecule has 0 bridgehead atoms. The van der Waals surface area contributed by atoms with Crippen molar-refractivity contribution in [3.05, 3.63) is 24.7 Å². The molecule has 0 spiro atoms. The first-order valence-corrected chi connectivity index (χ1v) is 8.63. The van der Waals surface area contributed by atoms with Gasteiger partial charge in [-0.2, -0.15) is 15.1 Å². The molecule has 3 aromatic rings. The molecule has 25 heavy (non-hydrogen) atoms. The third kappa shape index (κ3) is 3.58. The summed E-state index contributed by atoms with van der Waals surface area (Å²) in [4.78, 5) is 12.4. The average molecular weight is 341 g/mol. The highest BCUT2D eigenvalue weighted by Crippen LogP contribution is 2.34. The van der Waals surface area contributed by atoms with E-state index in [1.165, 1.54) is 12.8 Å². The van der Waals surface area contributed by atoms with E-state index >= 15 is 0 Å². The van der Waals surface area contributed by atoms with Gasteiger partial charge >= 0.3 is 0 Å². The molecular formula is C17H23N7O. The van der Waals surface area contributed by atoms with Crippen LogP contribution in [0.4, 0.5) is 17.5 Å². The molecule has 0 aromatic carbocycles. The Morgan fingerprint density at radius 3 is 3.08 bits per heavy atom. The van der Waals surface area contributed by atoms with Gasteiger partial charge in [0.25, 0.3) is 0 Å². The summed E-state index contributed by atoms with van der Waals surface area (Å²) in [6.07, 6.45) is 8.15. The number of H-pyrrole nitrogens is 1. The number of ether oxygens (including phenoxy) is 1. The van der Waals surface area contributed by atoms with E-state index in [0.29, 0.717) is 25.1 Å². The van der Waals surface area contributed by atoms with Crippen molar-refractivity contribution in [1.82, 2.24) is 24.7 Å². The summed E-state index contributed by atoms with van der Waals surface area (Å²) in [6, 6.07) is 2.42. The van der Waals surface area contributed by atoms with Crippen LogP contribution in [0.1, 0.15) is 19.8 Å². The van der Waals surface area contributed by atoms with Gasteiger partial charge in [0.05, 0.1) is 30.4 Å². The lowest BCUT2D eigenvalue weighted by atomic mass is 10.2. The third-order valence-corrected chi connectivity index (χ3v) is 4.52. The van der Waals surface area contributed by atoms with Crippen LogP contribution < -0.4 is 10.6 Å². The number of anilines is 3. The van der Waals surface area contributed by atoms with E-state index < -0.39 is 0 Å². The Hall–Kier alpha value is -2.61. The summed E-state index contributed by atoms with van der Waals surface area (Å²) in [7, 11) is 1.68. The number of rotatable bonds is 8. The summed E-state index contributed by atoms with van der Waals surface area (Å²) in [5.74, 6) is 2.16. The number of hydrogen-bond donors (Lipinski definition) is 3. The van der Waals surface area contributed by atoms with Gasteiger partial charge in [0.15, 0.2) is 0 Å². The zero-order valence-electron chi connectivity index (χ0n) is 14.5. The van der Waals surface area contributed by atoms with Crippen LogP contribution in [0, 0.1) is 5.92 Å². The number of fused-ring (bicyclic) bond motifs is 1. The molecule has 1 atom stereocenters. The van der Waals surface area contributed by atoms with Crippen molar-refractivity contribution in [2.45, 2.75) is 32.4 Å². The van der Waals surface area contributed by atoms with E-state index in [0.717, 1.165) is 28.5 Å². The molecule has 0 amide bonds. The van der Waals surface area contributed by atoms with Gasteiger partial charge in [-0.05, 0) is 31.7 Å². The van der Waals surface area contributed by atoms with Crippen LogP contribution in [-0.2, 0) is 11.3 Å². The molecule has 4 rings (SSSR count). The topological polar surface area (TPSA) is 92.7 Å². The first kappa shape index (κ1) is 15.9. The second-order valence-electron chi connectivity index (χ2n) is 6.52. The largest absolute Gasteiger partial charge is 0.383 e. The van der Waals surface area contributed by atoms with Gasteiger partial charge in [0.1, 0.15) is 11.5 Å². The zero-order valence-corrected chi connectivity index (χ0v) is 14.5. The van der Waals surface area contributed by atoms with Crippen molar-refractivity contribution < 1.29 is 4.74 Å². The summed E-state index contributed by atoms with van der Waals surface area (Å²) < 4.78 is 6.90. The lowest BCUT2D eigenvalue weighted by molar-refractivity contribution is 0.183. The Labute approximate surface area is 146 Å². The second-order valence-corrected chi connectivity index (χ2v) is 6.52. The van der Waals surface area contributed by atoms with E-state index in [-0.39, 0.29) is 0 Å². The van der Waals surface area contributed by atoms with E-state index in [1.807, 2.05) is 23.1 Å². The molecule has 0 aliphatic heterocycles. The van der Waals surface area contributed by atoms with E-state index in [1.54, 1.807) is 13.3 Å². The molecule has 1 saturated carbocycles. The first-order chi connectivity index (χ1) is 12.2. The minimum Gasteiger partial charge on any atom is -0.383 e. The minimum atomic E-state index is 0.414. The van der Waals surface area contributed by atoms with Crippen molar-refractivity contribution >= 4 is 28.5 Å². The highest BCUT2D eigenvalue weighted by molar-refractivity contribution is 5.88. The van der Waals surface area contributed by atoms with Crippen LogP contribution in [0.3, 0.4) is 0 Å². The minimum absolute atomic E-state index is 0.414. The fraction of sp³-hybridized carbons (Fsp3) is 0.471. The predicted molar refractivity (Wildman–Crippen MR) is 97.1 cm³/mol. The van der Waals surface area contributed by atoms with E-state index in [2.05, 4.69) is 37.6 Å². The molecule has 0 radical (unpaired) electrons. The van der Waals surface area contributed by atoms with Crippen molar-refractivity contribution in [3.63, 3.8) is 0 Å². The van der Waals surface area contributed by atoms with Gasteiger partial charge in [-0.1, -0.05) is 0 Å². The Morgan fingerprint density at radius 2 is 2.28 bits per heavy atom. The normalized spacial score (nSPS) is 15.4. The molecule has 132 valence electrons. The molecule has 3 aromatic heterocycles.